The second-order valence-electron chi connectivity index (χ2n) is 7.29. The molecule has 0 aliphatic carbocycles. The largest absolute Gasteiger partial charge is 0.339 e. The van der Waals surface area contributed by atoms with E-state index in [1.165, 1.54) is 28.8 Å². The Kier molecular flexibility index (Phi) is 5.78. The minimum absolute atomic E-state index is 0.00376. The number of amides is 1. The Morgan fingerprint density at radius 1 is 1.00 bits per heavy atom. The number of hydrogen-bond acceptors (Lipinski definition) is 5. The topological polar surface area (TPSA) is 62.6 Å². The first-order chi connectivity index (χ1) is 14.5. The van der Waals surface area contributed by atoms with Crippen LogP contribution >= 0.6 is 11.3 Å². The zero-order valence-electron chi connectivity index (χ0n) is 16.6. The summed E-state index contributed by atoms with van der Waals surface area (Å²) in [6, 6.07) is 10.4. The molecule has 0 N–H and O–H groups in total. The zero-order chi connectivity index (χ0) is 21.3. The number of carbonyl (C=O) groups excluding carboxylic acids is 2. The number of fused-ring (bicyclic) bond motifs is 1. The molecule has 30 heavy (non-hydrogen) atoms. The molecule has 4 rings (SSSR count). The molecule has 0 radical (unpaired) electrons. The van der Waals surface area contributed by atoms with Crippen LogP contribution in [0.3, 0.4) is 0 Å². The predicted molar refractivity (Wildman–Crippen MR) is 115 cm³/mol. The third kappa shape index (κ3) is 4.06. The third-order valence-corrected chi connectivity index (χ3v) is 6.44. The van der Waals surface area contributed by atoms with E-state index in [4.69, 9.17) is 0 Å². The van der Waals surface area contributed by atoms with E-state index in [2.05, 4.69) is 11.8 Å². The van der Waals surface area contributed by atoms with Crippen molar-refractivity contribution in [3.8, 4) is 0 Å². The fourth-order valence-electron chi connectivity index (χ4n) is 3.67. The minimum atomic E-state index is -0.405. The minimum Gasteiger partial charge on any atom is -0.339 e. The Morgan fingerprint density at radius 3 is 2.33 bits per heavy atom. The Labute approximate surface area is 177 Å². The SMILES string of the molecule is CCN1CCN(C(=O)Cn2c(=O)sc3cc(C(=O)c4ccc(F)cc4)ccc32)CC1. The normalized spacial score (nSPS) is 14.9. The Bertz CT molecular complexity index is 1140. The average molecular weight is 428 g/mol. The smallest absolute Gasteiger partial charge is 0.308 e. The summed E-state index contributed by atoms with van der Waals surface area (Å²) in [5, 5.41) is 0. The molecule has 1 aliphatic rings. The van der Waals surface area contributed by atoms with Crippen molar-refractivity contribution in [1.29, 1.82) is 0 Å². The molecule has 156 valence electrons. The first kappa shape index (κ1) is 20.4. The molecule has 1 aromatic heterocycles. The fourth-order valence-corrected chi connectivity index (χ4v) is 4.60. The van der Waals surface area contributed by atoms with Crippen LogP contribution in [0.15, 0.2) is 47.3 Å². The Morgan fingerprint density at radius 2 is 1.67 bits per heavy atom. The van der Waals surface area contributed by atoms with Crippen molar-refractivity contribution in [2.75, 3.05) is 32.7 Å². The lowest BCUT2D eigenvalue weighted by atomic mass is 10.0. The number of carbonyl (C=O) groups is 2. The number of benzene rings is 2. The van der Waals surface area contributed by atoms with Gasteiger partial charge in [-0.05, 0) is 49.0 Å². The van der Waals surface area contributed by atoms with Gasteiger partial charge < -0.3 is 9.80 Å². The lowest BCUT2D eigenvalue weighted by molar-refractivity contribution is -0.133. The molecule has 0 unspecified atom stereocenters. The molecule has 8 heteroatoms. The van der Waals surface area contributed by atoms with Crippen LogP contribution in [0, 0.1) is 5.82 Å². The van der Waals surface area contributed by atoms with Gasteiger partial charge in [-0.25, -0.2) is 4.39 Å². The number of thiazole rings is 1. The van der Waals surface area contributed by atoms with Crippen LogP contribution in [0.4, 0.5) is 4.39 Å². The van der Waals surface area contributed by atoms with Crippen molar-refractivity contribution in [3.05, 3.63) is 69.1 Å². The van der Waals surface area contributed by atoms with Crippen LogP contribution in [-0.2, 0) is 11.3 Å². The van der Waals surface area contributed by atoms with Crippen molar-refractivity contribution in [2.45, 2.75) is 13.5 Å². The summed E-state index contributed by atoms with van der Waals surface area (Å²) in [4.78, 5) is 41.8. The highest BCUT2D eigenvalue weighted by atomic mass is 32.1. The van der Waals surface area contributed by atoms with Crippen molar-refractivity contribution < 1.29 is 14.0 Å². The van der Waals surface area contributed by atoms with E-state index in [0.717, 1.165) is 31.0 Å². The van der Waals surface area contributed by atoms with Crippen LogP contribution in [0.1, 0.15) is 22.8 Å². The lowest BCUT2D eigenvalue weighted by Crippen LogP contribution is -2.49. The van der Waals surface area contributed by atoms with Crippen molar-refractivity contribution >= 4 is 33.2 Å². The maximum absolute atomic E-state index is 13.1. The molecule has 2 aromatic carbocycles. The average Bonchev–Trinajstić information content (AvgIpc) is 3.08. The highest BCUT2D eigenvalue weighted by Gasteiger charge is 2.22. The lowest BCUT2D eigenvalue weighted by Gasteiger charge is -2.34. The van der Waals surface area contributed by atoms with E-state index in [1.54, 1.807) is 23.1 Å². The first-order valence-corrected chi connectivity index (χ1v) is 10.7. The fraction of sp³-hybridized carbons (Fsp3) is 0.318. The van der Waals surface area contributed by atoms with Crippen LogP contribution in [-0.4, -0.2) is 58.8 Å². The van der Waals surface area contributed by atoms with Gasteiger partial charge in [-0.1, -0.05) is 18.3 Å². The number of aromatic nitrogens is 1. The summed E-state index contributed by atoms with van der Waals surface area (Å²) in [5.74, 6) is -0.716. The van der Waals surface area contributed by atoms with Gasteiger partial charge in [-0.2, -0.15) is 0 Å². The van der Waals surface area contributed by atoms with Gasteiger partial charge >= 0.3 is 4.87 Å². The monoisotopic (exact) mass is 427 g/mol. The quantitative estimate of drug-likeness (QED) is 0.588. The molecule has 3 aromatic rings. The molecule has 0 spiro atoms. The number of rotatable bonds is 5. The second kappa shape index (κ2) is 8.49. The number of nitrogens with zero attached hydrogens (tertiary/aromatic N) is 3. The predicted octanol–water partition coefficient (Wildman–Crippen LogP) is 2.60. The van der Waals surface area contributed by atoms with Crippen LogP contribution in [0.25, 0.3) is 10.2 Å². The van der Waals surface area contributed by atoms with E-state index < -0.39 is 5.82 Å². The number of likely N-dealkylation sites (N-methyl/N-ethyl adjacent to an activating group) is 1. The summed E-state index contributed by atoms with van der Waals surface area (Å²) in [5.41, 5.74) is 1.44. The molecule has 1 fully saturated rings. The molecule has 0 bridgehead atoms. The van der Waals surface area contributed by atoms with Gasteiger partial charge in [0, 0.05) is 37.3 Å². The van der Waals surface area contributed by atoms with Gasteiger partial charge in [0.15, 0.2) is 5.78 Å². The molecule has 1 saturated heterocycles. The van der Waals surface area contributed by atoms with Crippen LogP contribution < -0.4 is 4.87 Å². The molecule has 6 nitrogen and oxygen atoms in total. The highest BCUT2D eigenvalue weighted by Crippen LogP contribution is 2.21. The molecular formula is C22H22FN3O3S. The van der Waals surface area contributed by atoms with E-state index >= 15 is 0 Å². The van der Waals surface area contributed by atoms with Gasteiger partial charge in [0.2, 0.25) is 5.91 Å². The summed E-state index contributed by atoms with van der Waals surface area (Å²) in [6.07, 6.45) is 0. The number of piperazine rings is 1. The zero-order valence-corrected chi connectivity index (χ0v) is 17.5. The third-order valence-electron chi connectivity index (χ3n) is 5.50. The maximum atomic E-state index is 13.1. The summed E-state index contributed by atoms with van der Waals surface area (Å²) in [6.45, 7) is 6.09. The summed E-state index contributed by atoms with van der Waals surface area (Å²) < 4.78 is 15.2. The second-order valence-corrected chi connectivity index (χ2v) is 8.28. The van der Waals surface area contributed by atoms with Crippen molar-refractivity contribution in [2.24, 2.45) is 0 Å². The summed E-state index contributed by atoms with van der Waals surface area (Å²) >= 11 is 1.02. The van der Waals surface area contributed by atoms with Crippen molar-refractivity contribution in [1.82, 2.24) is 14.4 Å². The van der Waals surface area contributed by atoms with Crippen LogP contribution in [0.5, 0.6) is 0 Å². The summed E-state index contributed by atoms with van der Waals surface area (Å²) in [7, 11) is 0. The molecule has 0 saturated carbocycles. The van der Waals surface area contributed by atoms with Gasteiger partial charge in [-0.3, -0.25) is 19.0 Å². The highest BCUT2D eigenvalue weighted by molar-refractivity contribution is 7.16. The first-order valence-electron chi connectivity index (χ1n) is 9.90. The van der Waals surface area contributed by atoms with Gasteiger partial charge in [0.05, 0.1) is 10.2 Å². The molecule has 1 amide bonds. The van der Waals surface area contributed by atoms with Gasteiger partial charge in [0.1, 0.15) is 12.4 Å². The Hall–Kier alpha value is -2.84. The van der Waals surface area contributed by atoms with Gasteiger partial charge in [0.25, 0.3) is 0 Å². The van der Waals surface area contributed by atoms with Gasteiger partial charge in [-0.15, -0.1) is 0 Å². The Balaban J connectivity index is 1.55. The maximum Gasteiger partial charge on any atom is 0.308 e. The molecule has 2 heterocycles. The number of ketones is 1. The molecule has 0 atom stereocenters. The molecular weight excluding hydrogens is 405 g/mol. The number of hydrogen-bond donors (Lipinski definition) is 0. The van der Waals surface area contributed by atoms with Crippen molar-refractivity contribution in [3.63, 3.8) is 0 Å². The van der Waals surface area contributed by atoms with E-state index in [1.807, 2.05) is 0 Å². The van der Waals surface area contributed by atoms with E-state index in [9.17, 15) is 18.8 Å². The number of halogens is 1. The molecule has 1 aliphatic heterocycles. The standard InChI is InChI=1S/C22H22FN3O3S/c1-2-24-9-11-25(12-10-24)20(27)14-26-18-8-5-16(13-19(18)30-22(26)29)21(28)15-3-6-17(23)7-4-15/h3-8,13H,2,9-12,14H2,1H3. The van der Waals surface area contributed by atoms with Crippen LogP contribution in [0.2, 0.25) is 0 Å². The van der Waals surface area contributed by atoms with E-state index in [-0.39, 0.29) is 23.1 Å². The van der Waals surface area contributed by atoms with E-state index in [0.29, 0.717) is 34.4 Å².